The highest BCUT2D eigenvalue weighted by Gasteiger charge is 2.40. The molecule has 0 bridgehead atoms. The van der Waals surface area contributed by atoms with Crippen LogP contribution in [0.3, 0.4) is 0 Å². The Labute approximate surface area is 162 Å². The summed E-state index contributed by atoms with van der Waals surface area (Å²) < 4.78 is 60.0. The van der Waals surface area contributed by atoms with Crippen molar-refractivity contribution in [1.29, 1.82) is 0 Å². The van der Waals surface area contributed by atoms with Crippen LogP contribution in [0.5, 0.6) is 5.75 Å². The zero-order valence-corrected chi connectivity index (χ0v) is 14.9. The molecule has 0 saturated carbocycles. The van der Waals surface area contributed by atoms with E-state index in [1.54, 1.807) is 30.3 Å². The normalized spacial score (nSPS) is 13.5. The van der Waals surface area contributed by atoms with E-state index >= 15 is 0 Å². The molecule has 0 spiro atoms. The van der Waals surface area contributed by atoms with Gasteiger partial charge < -0.3 is 20.1 Å². The Balaban J connectivity index is 1.66. The van der Waals surface area contributed by atoms with Gasteiger partial charge in [0.15, 0.2) is 12.4 Å². The fourth-order valence-electron chi connectivity index (χ4n) is 2.60. The van der Waals surface area contributed by atoms with Gasteiger partial charge in [-0.1, -0.05) is 18.2 Å². The van der Waals surface area contributed by atoms with Crippen LogP contribution in [-0.2, 0) is 16.1 Å². The molecule has 29 heavy (non-hydrogen) atoms. The Morgan fingerprint density at radius 3 is 2.76 bits per heavy atom. The maximum absolute atomic E-state index is 12.9. The third-order valence-electron chi connectivity index (χ3n) is 3.95. The lowest BCUT2D eigenvalue weighted by Crippen LogP contribution is -2.32. The van der Waals surface area contributed by atoms with Crippen LogP contribution in [0.2, 0.25) is 0 Å². The van der Waals surface area contributed by atoms with Crippen molar-refractivity contribution in [2.45, 2.75) is 19.0 Å². The largest absolute Gasteiger partial charge is 0.481 e. The first kappa shape index (κ1) is 20.6. The second-order valence-electron chi connectivity index (χ2n) is 6.23. The average Bonchev–Trinajstić information content (AvgIpc) is 2.67. The van der Waals surface area contributed by atoms with Crippen molar-refractivity contribution in [3.05, 3.63) is 53.6 Å². The molecule has 0 aromatic heterocycles. The van der Waals surface area contributed by atoms with Gasteiger partial charge in [-0.15, -0.1) is 0 Å². The molecule has 2 amide bonds. The maximum Gasteiger partial charge on any atom is 0.330 e. The van der Waals surface area contributed by atoms with Crippen molar-refractivity contribution in [2.24, 2.45) is 0 Å². The van der Waals surface area contributed by atoms with Crippen LogP contribution in [-0.4, -0.2) is 37.4 Å². The van der Waals surface area contributed by atoms with Crippen LogP contribution in [0.4, 0.5) is 28.9 Å². The van der Waals surface area contributed by atoms with E-state index in [1.165, 1.54) is 12.1 Å². The SMILES string of the molecule is O=C1COc2c(cccc2C(=O)Nc2cccc(COCC(F)(F)C(F)F)c2)N1. The van der Waals surface area contributed by atoms with Gasteiger partial charge in [-0.2, -0.15) is 8.78 Å². The van der Waals surface area contributed by atoms with Crippen LogP contribution in [0, 0.1) is 0 Å². The number of amides is 2. The highest BCUT2D eigenvalue weighted by atomic mass is 19.3. The van der Waals surface area contributed by atoms with Crippen molar-refractivity contribution in [1.82, 2.24) is 0 Å². The predicted molar refractivity (Wildman–Crippen MR) is 95.6 cm³/mol. The van der Waals surface area contributed by atoms with Crippen molar-refractivity contribution >= 4 is 23.2 Å². The molecule has 1 heterocycles. The fraction of sp³-hybridized carbons (Fsp3) is 0.263. The molecule has 0 atom stereocenters. The molecule has 2 aromatic rings. The Morgan fingerprint density at radius 1 is 1.24 bits per heavy atom. The van der Waals surface area contributed by atoms with Gasteiger partial charge >= 0.3 is 12.3 Å². The number of rotatable bonds is 7. The third kappa shape index (κ3) is 5.02. The second kappa shape index (κ2) is 8.48. The number of benzene rings is 2. The Morgan fingerprint density at radius 2 is 2.00 bits per heavy atom. The number of hydrogen-bond donors (Lipinski definition) is 2. The Bertz CT molecular complexity index is 921. The van der Waals surface area contributed by atoms with Gasteiger partial charge in [-0.05, 0) is 29.8 Å². The Kier molecular flexibility index (Phi) is 6.02. The fourth-order valence-corrected chi connectivity index (χ4v) is 2.60. The molecule has 3 rings (SSSR count). The van der Waals surface area contributed by atoms with E-state index in [0.29, 0.717) is 16.9 Å². The zero-order chi connectivity index (χ0) is 21.0. The zero-order valence-electron chi connectivity index (χ0n) is 14.9. The molecular weight excluding hydrogens is 396 g/mol. The van der Waals surface area contributed by atoms with Gasteiger partial charge in [0.05, 0.1) is 17.9 Å². The number of fused-ring (bicyclic) bond motifs is 1. The summed E-state index contributed by atoms with van der Waals surface area (Å²) in [5, 5.41) is 5.23. The number of halogens is 4. The van der Waals surface area contributed by atoms with E-state index in [-0.39, 0.29) is 30.4 Å². The standard InChI is InChI=1S/C19H16F4N2O4/c20-18(21)19(22,23)10-28-8-11-3-1-4-12(7-11)24-17(27)13-5-2-6-14-16(13)29-9-15(26)25-14/h1-7,18H,8-10H2,(H,24,27)(H,25,26). The number of carbonyl (C=O) groups is 2. The molecule has 0 saturated heterocycles. The van der Waals surface area contributed by atoms with E-state index in [2.05, 4.69) is 15.4 Å². The molecule has 0 unspecified atom stereocenters. The summed E-state index contributed by atoms with van der Waals surface area (Å²) in [5.41, 5.74) is 1.32. The first-order chi connectivity index (χ1) is 13.8. The first-order valence-electron chi connectivity index (χ1n) is 8.46. The van der Waals surface area contributed by atoms with Crippen molar-refractivity contribution in [2.75, 3.05) is 23.8 Å². The molecule has 1 aliphatic rings. The number of para-hydroxylation sites is 1. The highest BCUT2D eigenvalue weighted by molar-refractivity contribution is 6.09. The molecule has 0 radical (unpaired) electrons. The van der Waals surface area contributed by atoms with Crippen LogP contribution < -0.4 is 15.4 Å². The molecule has 6 nitrogen and oxygen atoms in total. The minimum atomic E-state index is -4.23. The lowest BCUT2D eigenvalue weighted by atomic mass is 10.1. The number of anilines is 2. The monoisotopic (exact) mass is 412 g/mol. The van der Waals surface area contributed by atoms with Crippen molar-refractivity contribution < 1.29 is 36.6 Å². The molecule has 2 aromatic carbocycles. The minimum absolute atomic E-state index is 0.195. The summed E-state index contributed by atoms with van der Waals surface area (Å²) in [6.07, 6.45) is -3.81. The summed E-state index contributed by atoms with van der Waals surface area (Å²) in [6, 6.07) is 10.8. The molecule has 1 aliphatic heterocycles. The van der Waals surface area contributed by atoms with E-state index in [0.717, 1.165) is 0 Å². The summed E-state index contributed by atoms with van der Waals surface area (Å²) in [5.74, 6) is -4.84. The van der Waals surface area contributed by atoms with Crippen LogP contribution in [0.25, 0.3) is 0 Å². The van der Waals surface area contributed by atoms with E-state index in [9.17, 15) is 27.2 Å². The number of carbonyl (C=O) groups excluding carboxylic acids is 2. The molecule has 0 fully saturated rings. The van der Waals surface area contributed by atoms with E-state index < -0.39 is 24.9 Å². The molecule has 10 heteroatoms. The summed E-state index contributed by atoms with van der Waals surface area (Å²) in [7, 11) is 0. The lowest BCUT2D eigenvalue weighted by molar-refractivity contribution is -0.168. The molecule has 2 N–H and O–H groups in total. The van der Waals surface area contributed by atoms with Gasteiger partial charge in [0.1, 0.15) is 6.61 Å². The first-order valence-corrected chi connectivity index (χ1v) is 8.46. The molecular formula is C19H16F4N2O4. The maximum atomic E-state index is 12.9. The van der Waals surface area contributed by atoms with E-state index in [1.807, 2.05) is 0 Å². The number of hydrogen-bond acceptors (Lipinski definition) is 4. The van der Waals surface area contributed by atoms with Crippen LogP contribution >= 0.6 is 0 Å². The molecule has 0 aliphatic carbocycles. The van der Waals surface area contributed by atoms with Gasteiger partial charge in [0.2, 0.25) is 0 Å². The summed E-state index contributed by atoms with van der Waals surface area (Å²) in [6.45, 7) is -1.96. The van der Waals surface area contributed by atoms with Gasteiger partial charge in [0, 0.05) is 5.69 Å². The molecule has 154 valence electrons. The highest BCUT2D eigenvalue weighted by Crippen LogP contribution is 2.32. The number of alkyl halides is 4. The minimum Gasteiger partial charge on any atom is -0.481 e. The van der Waals surface area contributed by atoms with Crippen LogP contribution in [0.1, 0.15) is 15.9 Å². The lowest BCUT2D eigenvalue weighted by Gasteiger charge is -2.20. The third-order valence-corrected chi connectivity index (χ3v) is 3.95. The Hall–Kier alpha value is -3.14. The smallest absolute Gasteiger partial charge is 0.330 e. The second-order valence-corrected chi connectivity index (χ2v) is 6.23. The van der Waals surface area contributed by atoms with Gasteiger partial charge in [-0.25, -0.2) is 8.78 Å². The van der Waals surface area contributed by atoms with E-state index in [4.69, 9.17) is 4.74 Å². The van der Waals surface area contributed by atoms with Crippen molar-refractivity contribution in [3.8, 4) is 5.75 Å². The number of nitrogens with one attached hydrogen (secondary N) is 2. The van der Waals surface area contributed by atoms with Crippen LogP contribution in [0.15, 0.2) is 42.5 Å². The summed E-state index contributed by atoms with van der Waals surface area (Å²) in [4.78, 5) is 24.0. The predicted octanol–water partition coefficient (Wildman–Crippen LogP) is 3.69. The average molecular weight is 412 g/mol. The van der Waals surface area contributed by atoms with Gasteiger partial charge in [0.25, 0.3) is 11.8 Å². The quantitative estimate of drug-likeness (QED) is 0.681. The number of ether oxygens (including phenoxy) is 2. The van der Waals surface area contributed by atoms with Gasteiger partial charge in [-0.3, -0.25) is 9.59 Å². The summed E-state index contributed by atoms with van der Waals surface area (Å²) >= 11 is 0. The van der Waals surface area contributed by atoms with Crippen molar-refractivity contribution in [3.63, 3.8) is 0 Å². The topological polar surface area (TPSA) is 76.7 Å².